The Morgan fingerprint density at radius 3 is 2.62 bits per heavy atom. The van der Waals surface area contributed by atoms with E-state index in [2.05, 4.69) is 53.4 Å². The molecule has 0 aliphatic heterocycles. The van der Waals surface area contributed by atoms with E-state index in [0.29, 0.717) is 24.2 Å². The number of aromatic nitrogens is 2. The van der Waals surface area contributed by atoms with Crippen LogP contribution in [0.25, 0.3) is 0 Å². The number of benzene rings is 1. The molecule has 1 aromatic heterocycles. The Hall–Kier alpha value is -2.10. The number of rotatable bonds is 5. The van der Waals surface area contributed by atoms with E-state index in [1.165, 1.54) is 17.2 Å². The first-order valence-electron chi connectivity index (χ1n) is 7.56. The molecule has 0 bridgehead atoms. The quantitative estimate of drug-likeness (QED) is 0.884. The minimum Gasteiger partial charge on any atom is -0.366 e. The molecule has 0 saturated heterocycles. The Kier molecular flexibility index (Phi) is 3.78. The predicted molar refractivity (Wildman–Crippen MR) is 84.7 cm³/mol. The summed E-state index contributed by atoms with van der Waals surface area (Å²) in [6.45, 7) is 5.05. The summed E-state index contributed by atoms with van der Waals surface area (Å²) in [5, 5.41) is 3.24. The molecule has 1 saturated carbocycles. The Balaban J connectivity index is 1.68. The molecule has 21 heavy (non-hydrogen) atoms. The largest absolute Gasteiger partial charge is 0.366 e. The number of nitrogens with zero attached hydrogens (tertiary/aromatic N) is 1. The zero-order chi connectivity index (χ0) is 14.8. The van der Waals surface area contributed by atoms with Gasteiger partial charge in [0.2, 0.25) is 0 Å². The summed E-state index contributed by atoms with van der Waals surface area (Å²) >= 11 is 0. The molecule has 4 heteroatoms. The van der Waals surface area contributed by atoms with Crippen molar-refractivity contribution >= 4 is 5.82 Å². The van der Waals surface area contributed by atoms with Gasteiger partial charge in [0.15, 0.2) is 0 Å². The molecule has 2 aromatic rings. The molecule has 3 rings (SSSR count). The Morgan fingerprint density at radius 2 is 2.00 bits per heavy atom. The van der Waals surface area contributed by atoms with Crippen LogP contribution < -0.4 is 10.9 Å². The lowest BCUT2D eigenvalue weighted by Gasteiger charge is -2.09. The van der Waals surface area contributed by atoms with Gasteiger partial charge in [0.25, 0.3) is 5.56 Å². The van der Waals surface area contributed by atoms with Crippen LogP contribution in [-0.2, 0) is 6.54 Å². The number of H-pyrrole nitrogens is 1. The zero-order valence-electron chi connectivity index (χ0n) is 12.5. The summed E-state index contributed by atoms with van der Waals surface area (Å²) < 4.78 is 0. The number of hydrogen-bond acceptors (Lipinski definition) is 3. The second-order valence-electron chi connectivity index (χ2n) is 6.04. The molecule has 0 spiro atoms. The van der Waals surface area contributed by atoms with Gasteiger partial charge in [-0.1, -0.05) is 38.1 Å². The maximum atomic E-state index is 11.6. The SMILES string of the molecule is CC(C)c1ccc(CNc2cc(=O)[nH]c(C3CC3)n2)cc1. The van der Waals surface area contributed by atoms with Crippen molar-refractivity contribution in [1.82, 2.24) is 9.97 Å². The van der Waals surface area contributed by atoms with E-state index in [1.807, 2.05) is 0 Å². The first-order valence-corrected chi connectivity index (χ1v) is 7.56. The van der Waals surface area contributed by atoms with Gasteiger partial charge in [-0.3, -0.25) is 4.79 Å². The lowest BCUT2D eigenvalue weighted by molar-refractivity contribution is 0.864. The van der Waals surface area contributed by atoms with Crippen molar-refractivity contribution in [2.75, 3.05) is 5.32 Å². The lowest BCUT2D eigenvalue weighted by Crippen LogP contribution is -2.13. The first kappa shape index (κ1) is 13.9. The molecule has 1 aromatic carbocycles. The minimum absolute atomic E-state index is 0.0791. The summed E-state index contributed by atoms with van der Waals surface area (Å²) in [5.74, 6) is 2.47. The van der Waals surface area contributed by atoms with E-state index in [-0.39, 0.29) is 5.56 Å². The molecule has 110 valence electrons. The van der Waals surface area contributed by atoms with Crippen molar-refractivity contribution in [3.05, 3.63) is 57.6 Å². The molecule has 1 aliphatic rings. The predicted octanol–water partition coefficient (Wildman–Crippen LogP) is 3.38. The van der Waals surface area contributed by atoms with Crippen molar-refractivity contribution < 1.29 is 0 Å². The van der Waals surface area contributed by atoms with Crippen LogP contribution in [0, 0.1) is 0 Å². The third-order valence-corrected chi connectivity index (χ3v) is 3.84. The van der Waals surface area contributed by atoms with E-state index < -0.39 is 0 Å². The average Bonchev–Trinajstić information content (AvgIpc) is 3.29. The second kappa shape index (κ2) is 5.72. The lowest BCUT2D eigenvalue weighted by atomic mass is 10.0. The van der Waals surface area contributed by atoms with E-state index in [9.17, 15) is 4.79 Å². The van der Waals surface area contributed by atoms with E-state index >= 15 is 0 Å². The van der Waals surface area contributed by atoms with Crippen LogP contribution in [0.2, 0.25) is 0 Å². The fourth-order valence-corrected chi connectivity index (χ4v) is 2.33. The van der Waals surface area contributed by atoms with Gasteiger partial charge in [0.05, 0.1) is 0 Å². The van der Waals surface area contributed by atoms with Crippen LogP contribution in [0.5, 0.6) is 0 Å². The van der Waals surface area contributed by atoms with Crippen molar-refractivity contribution in [3.63, 3.8) is 0 Å². The zero-order valence-corrected chi connectivity index (χ0v) is 12.5. The Labute approximate surface area is 124 Å². The molecule has 0 atom stereocenters. The van der Waals surface area contributed by atoms with Gasteiger partial charge in [0, 0.05) is 18.5 Å². The Morgan fingerprint density at radius 1 is 1.29 bits per heavy atom. The third kappa shape index (κ3) is 3.51. The summed E-state index contributed by atoms with van der Waals surface area (Å²) in [6.07, 6.45) is 2.26. The fraction of sp³-hybridized carbons (Fsp3) is 0.412. The van der Waals surface area contributed by atoms with Gasteiger partial charge >= 0.3 is 0 Å². The van der Waals surface area contributed by atoms with Gasteiger partial charge in [-0.05, 0) is 29.9 Å². The maximum absolute atomic E-state index is 11.6. The summed E-state index contributed by atoms with van der Waals surface area (Å²) in [6, 6.07) is 10.1. The van der Waals surface area contributed by atoms with E-state index in [0.717, 1.165) is 18.7 Å². The highest BCUT2D eigenvalue weighted by molar-refractivity contribution is 5.36. The van der Waals surface area contributed by atoms with Gasteiger partial charge in [-0.25, -0.2) is 4.98 Å². The normalized spacial score (nSPS) is 14.4. The van der Waals surface area contributed by atoms with Gasteiger partial charge in [-0.2, -0.15) is 0 Å². The molecule has 0 radical (unpaired) electrons. The molecule has 1 fully saturated rings. The summed E-state index contributed by atoms with van der Waals surface area (Å²) in [5.41, 5.74) is 2.45. The van der Waals surface area contributed by atoms with Gasteiger partial charge < -0.3 is 10.3 Å². The molecular formula is C17H21N3O. The van der Waals surface area contributed by atoms with Crippen LogP contribution in [0.4, 0.5) is 5.82 Å². The van der Waals surface area contributed by atoms with Crippen molar-refractivity contribution in [3.8, 4) is 0 Å². The molecule has 0 unspecified atom stereocenters. The number of aromatic amines is 1. The van der Waals surface area contributed by atoms with Crippen LogP contribution in [0.15, 0.2) is 35.1 Å². The second-order valence-corrected chi connectivity index (χ2v) is 6.04. The first-order chi connectivity index (χ1) is 10.1. The van der Waals surface area contributed by atoms with Crippen molar-refractivity contribution in [1.29, 1.82) is 0 Å². The molecular weight excluding hydrogens is 262 g/mol. The van der Waals surface area contributed by atoms with E-state index in [4.69, 9.17) is 0 Å². The third-order valence-electron chi connectivity index (χ3n) is 3.84. The number of hydrogen-bond donors (Lipinski definition) is 2. The maximum Gasteiger partial charge on any atom is 0.252 e. The topological polar surface area (TPSA) is 57.8 Å². The van der Waals surface area contributed by atoms with Crippen molar-refractivity contribution in [2.24, 2.45) is 0 Å². The molecule has 2 N–H and O–H groups in total. The monoisotopic (exact) mass is 283 g/mol. The highest BCUT2D eigenvalue weighted by atomic mass is 16.1. The highest BCUT2D eigenvalue weighted by Crippen LogP contribution is 2.37. The van der Waals surface area contributed by atoms with Crippen LogP contribution in [0.1, 0.15) is 55.5 Å². The number of anilines is 1. The molecule has 0 amide bonds. The smallest absolute Gasteiger partial charge is 0.252 e. The van der Waals surface area contributed by atoms with Crippen LogP contribution in [-0.4, -0.2) is 9.97 Å². The highest BCUT2D eigenvalue weighted by Gasteiger charge is 2.26. The fourth-order valence-electron chi connectivity index (χ4n) is 2.33. The van der Waals surface area contributed by atoms with E-state index in [1.54, 1.807) is 0 Å². The van der Waals surface area contributed by atoms with Crippen LogP contribution in [0.3, 0.4) is 0 Å². The van der Waals surface area contributed by atoms with Gasteiger partial charge in [-0.15, -0.1) is 0 Å². The number of nitrogens with one attached hydrogen (secondary N) is 2. The standard InChI is InChI=1S/C17H21N3O/c1-11(2)13-5-3-12(4-6-13)10-18-15-9-16(21)20-17(19-15)14-7-8-14/h3-6,9,11,14H,7-8,10H2,1-2H3,(H2,18,19,20,21). The minimum atomic E-state index is -0.0791. The average molecular weight is 283 g/mol. The summed E-state index contributed by atoms with van der Waals surface area (Å²) in [4.78, 5) is 18.9. The molecule has 4 nitrogen and oxygen atoms in total. The Bertz CT molecular complexity index is 669. The molecule has 1 aliphatic carbocycles. The van der Waals surface area contributed by atoms with Gasteiger partial charge in [0.1, 0.15) is 11.6 Å². The molecule has 1 heterocycles. The van der Waals surface area contributed by atoms with Crippen LogP contribution >= 0.6 is 0 Å². The van der Waals surface area contributed by atoms with Crippen molar-refractivity contribution in [2.45, 2.75) is 45.1 Å². The summed E-state index contributed by atoms with van der Waals surface area (Å²) in [7, 11) is 0.